The van der Waals surface area contributed by atoms with Gasteiger partial charge in [0.2, 0.25) is 10.0 Å². The van der Waals surface area contributed by atoms with Crippen molar-refractivity contribution in [3.8, 4) is 0 Å². The van der Waals surface area contributed by atoms with E-state index in [1.165, 1.54) is 19.7 Å². The minimum atomic E-state index is -3.84. The second kappa shape index (κ2) is 8.42. The van der Waals surface area contributed by atoms with E-state index < -0.39 is 39.8 Å². The van der Waals surface area contributed by atoms with Gasteiger partial charge in [0.25, 0.3) is 0 Å². The third-order valence-corrected chi connectivity index (χ3v) is 6.75. The first-order chi connectivity index (χ1) is 13.7. The Bertz CT molecular complexity index is 1060. The number of Topliss-reactive ketones (excluding diaryl/α,β-unsaturated/α-hetero) is 1. The molecule has 0 N–H and O–H groups in total. The van der Waals surface area contributed by atoms with Gasteiger partial charge in [-0.3, -0.25) is 4.79 Å². The maximum atomic E-state index is 14.1. The standard InChI is InChI=1S/C21H22FNO5S/c1-23(2)29(26,27)17-9-10-19(22)18(12-17)21(25)28-13-20(24)16-8-7-14-5-3-4-6-15(14)11-16/h7-12H,3-6,13H2,1-2H3. The molecule has 0 spiro atoms. The van der Waals surface area contributed by atoms with Gasteiger partial charge < -0.3 is 4.74 Å². The average Bonchev–Trinajstić information content (AvgIpc) is 2.71. The summed E-state index contributed by atoms with van der Waals surface area (Å²) in [5.41, 5.74) is 2.25. The van der Waals surface area contributed by atoms with Gasteiger partial charge in [0.1, 0.15) is 5.82 Å². The SMILES string of the molecule is CN(C)S(=O)(=O)c1ccc(F)c(C(=O)OCC(=O)c2ccc3c(c2)CCCC3)c1. The van der Waals surface area contributed by atoms with Crippen molar-refractivity contribution < 1.29 is 27.1 Å². The molecule has 0 fully saturated rings. The van der Waals surface area contributed by atoms with Crippen molar-refractivity contribution in [1.82, 2.24) is 4.31 Å². The van der Waals surface area contributed by atoms with E-state index in [1.54, 1.807) is 6.07 Å². The Morgan fingerprint density at radius 3 is 2.41 bits per heavy atom. The first-order valence-corrected chi connectivity index (χ1v) is 10.7. The van der Waals surface area contributed by atoms with Gasteiger partial charge in [0, 0.05) is 19.7 Å². The molecule has 0 radical (unpaired) electrons. The van der Waals surface area contributed by atoms with Crippen LogP contribution in [-0.2, 0) is 27.6 Å². The van der Waals surface area contributed by atoms with Gasteiger partial charge in [-0.15, -0.1) is 0 Å². The summed E-state index contributed by atoms with van der Waals surface area (Å²) in [6, 6.07) is 8.30. The molecule has 1 aliphatic carbocycles. The molecule has 2 aromatic rings. The lowest BCUT2D eigenvalue weighted by Crippen LogP contribution is -2.23. The van der Waals surface area contributed by atoms with Crippen molar-refractivity contribution in [2.24, 2.45) is 0 Å². The summed E-state index contributed by atoms with van der Waals surface area (Å²) in [6.07, 6.45) is 4.11. The molecule has 0 saturated heterocycles. The summed E-state index contributed by atoms with van der Waals surface area (Å²) >= 11 is 0. The quantitative estimate of drug-likeness (QED) is 0.531. The molecule has 0 unspecified atom stereocenters. The fourth-order valence-corrected chi connectivity index (χ4v) is 4.16. The number of nitrogens with zero attached hydrogens (tertiary/aromatic N) is 1. The highest BCUT2D eigenvalue weighted by Crippen LogP contribution is 2.23. The zero-order chi connectivity index (χ0) is 21.2. The number of carbonyl (C=O) groups is 2. The fourth-order valence-electron chi connectivity index (χ4n) is 3.23. The number of hydrogen-bond acceptors (Lipinski definition) is 5. The van der Waals surface area contributed by atoms with Crippen molar-refractivity contribution in [3.63, 3.8) is 0 Å². The zero-order valence-corrected chi connectivity index (χ0v) is 17.1. The van der Waals surface area contributed by atoms with E-state index in [0.29, 0.717) is 5.56 Å². The molecule has 3 rings (SSSR count). The number of esters is 1. The minimum absolute atomic E-state index is 0.239. The van der Waals surface area contributed by atoms with Gasteiger partial charge in [-0.2, -0.15) is 0 Å². The minimum Gasteiger partial charge on any atom is -0.454 e. The lowest BCUT2D eigenvalue weighted by atomic mass is 9.90. The molecule has 154 valence electrons. The average molecular weight is 419 g/mol. The van der Waals surface area contributed by atoms with Crippen LogP contribution in [0.25, 0.3) is 0 Å². The Labute approximate surface area is 169 Å². The number of hydrogen-bond donors (Lipinski definition) is 0. The third kappa shape index (κ3) is 4.54. The first kappa shape index (κ1) is 21.1. The molecule has 0 saturated carbocycles. The monoisotopic (exact) mass is 419 g/mol. The van der Waals surface area contributed by atoms with Gasteiger partial charge in [-0.05, 0) is 61.1 Å². The maximum Gasteiger partial charge on any atom is 0.341 e. The van der Waals surface area contributed by atoms with Crippen molar-refractivity contribution in [1.29, 1.82) is 0 Å². The van der Waals surface area contributed by atoms with Crippen LogP contribution in [0.2, 0.25) is 0 Å². The van der Waals surface area contributed by atoms with Gasteiger partial charge in [-0.1, -0.05) is 12.1 Å². The van der Waals surface area contributed by atoms with Crippen LogP contribution in [0.5, 0.6) is 0 Å². The molecule has 0 heterocycles. The molecule has 0 bridgehead atoms. The van der Waals surface area contributed by atoms with Gasteiger partial charge in [0.05, 0.1) is 10.5 Å². The lowest BCUT2D eigenvalue weighted by molar-refractivity contribution is 0.0470. The fraction of sp³-hybridized carbons (Fsp3) is 0.333. The van der Waals surface area contributed by atoms with Crippen molar-refractivity contribution in [2.75, 3.05) is 20.7 Å². The number of ether oxygens (including phenoxy) is 1. The summed E-state index contributed by atoms with van der Waals surface area (Å²) < 4.78 is 44.3. The second-order valence-electron chi connectivity index (χ2n) is 7.12. The van der Waals surface area contributed by atoms with Crippen LogP contribution in [-0.4, -0.2) is 45.2 Å². The molecule has 0 aromatic heterocycles. The number of fused-ring (bicyclic) bond motifs is 1. The number of carbonyl (C=O) groups excluding carboxylic acids is 2. The van der Waals surface area contributed by atoms with E-state index in [9.17, 15) is 22.4 Å². The Morgan fingerprint density at radius 1 is 1.03 bits per heavy atom. The van der Waals surface area contributed by atoms with Crippen molar-refractivity contribution in [3.05, 3.63) is 64.5 Å². The first-order valence-electron chi connectivity index (χ1n) is 9.24. The second-order valence-corrected chi connectivity index (χ2v) is 9.27. The van der Waals surface area contributed by atoms with E-state index in [-0.39, 0.29) is 4.90 Å². The van der Waals surface area contributed by atoms with E-state index in [2.05, 4.69) is 0 Å². The van der Waals surface area contributed by atoms with Crippen molar-refractivity contribution in [2.45, 2.75) is 30.6 Å². The number of rotatable bonds is 6. The molecular weight excluding hydrogens is 397 g/mol. The summed E-state index contributed by atoms with van der Waals surface area (Å²) in [4.78, 5) is 24.4. The smallest absolute Gasteiger partial charge is 0.341 e. The molecule has 0 aliphatic heterocycles. The van der Waals surface area contributed by atoms with Crippen LogP contribution < -0.4 is 0 Å². The topological polar surface area (TPSA) is 80.8 Å². The predicted octanol–water partition coefficient (Wildman–Crippen LogP) is 2.99. The van der Waals surface area contributed by atoms with Crippen LogP contribution in [0, 0.1) is 5.82 Å². The van der Waals surface area contributed by atoms with E-state index in [0.717, 1.165) is 53.8 Å². The largest absolute Gasteiger partial charge is 0.454 e. The van der Waals surface area contributed by atoms with Crippen LogP contribution in [0.15, 0.2) is 41.3 Å². The number of benzene rings is 2. The van der Waals surface area contributed by atoms with E-state index >= 15 is 0 Å². The molecule has 6 nitrogen and oxygen atoms in total. The zero-order valence-electron chi connectivity index (χ0n) is 16.3. The molecule has 29 heavy (non-hydrogen) atoms. The summed E-state index contributed by atoms with van der Waals surface area (Å²) in [7, 11) is -1.19. The Kier molecular flexibility index (Phi) is 6.14. The lowest BCUT2D eigenvalue weighted by Gasteiger charge is -2.16. The van der Waals surface area contributed by atoms with Gasteiger partial charge >= 0.3 is 5.97 Å². The van der Waals surface area contributed by atoms with Crippen LogP contribution in [0.1, 0.15) is 44.7 Å². The van der Waals surface area contributed by atoms with Gasteiger partial charge in [0.15, 0.2) is 12.4 Å². The maximum absolute atomic E-state index is 14.1. The molecule has 8 heteroatoms. The Hall–Kier alpha value is -2.58. The van der Waals surface area contributed by atoms with E-state index in [1.807, 2.05) is 12.1 Å². The van der Waals surface area contributed by atoms with E-state index in [4.69, 9.17) is 4.74 Å². The van der Waals surface area contributed by atoms with Crippen LogP contribution >= 0.6 is 0 Å². The third-order valence-electron chi connectivity index (χ3n) is 4.94. The normalized spacial score (nSPS) is 13.8. The summed E-state index contributed by atoms with van der Waals surface area (Å²) in [6.45, 7) is -0.554. The summed E-state index contributed by atoms with van der Waals surface area (Å²) in [5.74, 6) is -2.41. The molecule has 0 atom stereocenters. The number of ketones is 1. The molecule has 1 aliphatic rings. The highest BCUT2D eigenvalue weighted by Gasteiger charge is 2.23. The van der Waals surface area contributed by atoms with Gasteiger partial charge in [-0.25, -0.2) is 21.9 Å². The Balaban J connectivity index is 1.73. The highest BCUT2D eigenvalue weighted by atomic mass is 32.2. The number of sulfonamides is 1. The summed E-state index contributed by atoms with van der Waals surface area (Å²) in [5, 5.41) is 0. The van der Waals surface area contributed by atoms with Crippen LogP contribution in [0.4, 0.5) is 4.39 Å². The molecule has 2 aromatic carbocycles. The predicted molar refractivity (Wildman–Crippen MR) is 105 cm³/mol. The van der Waals surface area contributed by atoms with Crippen molar-refractivity contribution >= 4 is 21.8 Å². The Morgan fingerprint density at radius 2 is 1.72 bits per heavy atom. The molecule has 0 amide bonds. The molecular formula is C21H22FNO5S. The number of halogens is 1. The highest BCUT2D eigenvalue weighted by molar-refractivity contribution is 7.89. The van der Waals surface area contributed by atoms with Crippen LogP contribution in [0.3, 0.4) is 0 Å². The number of aryl methyl sites for hydroxylation is 2.